The second-order valence-corrected chi connectivity index (χ2v) is 11.4. The molecule has 0 bridgehead atoms. The summed E-state index contributed by atoms with van der Waals surface area (Å²) in [5.41, 5.74) is 1.18. The van der Waals surface area contributed by atoms with Crippen LogP contribution in [0.25, 0.3) is 0 Å². The molecule has 3 atom stereocenters. The van der Waals surface area contributed by atoms with Gasteiger partial charge in [0.2, 0.25) is 5.78 Å². The van der Waals surface area contributed by atoms with Crippen LogP contribution in [0, 0.1) is 25.2 Å². The Hall–Kier alpha value is -2.68. The van der Waals surface area contributed by atoms with Gasteiger partial charge in [-0.2, -0.15) is 0 Å². The van der Waals surface area contributed by atoms with E-state index < -0.39 is 30.7 Å². The molecular formula is C26H37N3O6. The number of hydrogen-bond acceptors (Lipinski definition) is 6. The molecule has 2 aliphatic heterocycles. The molecule has 192 valence electrons. The molecule has 3 amide bonds. The number of urea groups is 1. The van der Waals surface area contributed by atoms with Crippen LogP contribution in [0.5, 0.6) is 0 Å². The predicted octanol–water partition coefficient (Wildman–Crippen LogP) is 3.15. The van der Waals surface area contributed by atoms with Crippen molar-refractivity contribution in [2.45, 2.75) is 84.9 Å². The molecule has 1 aromatic rings. The van der Waals surface area contributed by atoms with Crippen molar-refractivity contribution in [1.29, 1.82) is 0 Å². The van der Waals surface area contributed by atoms with E-state index in [1.54, 1.807) is 6.07 Å². The van der Waals surface area contributed by atoms with Gasteiger partial charge in [0.15, 0.2) is 6.61 Å². The molecule has 1 saturated carbocycles. The van der Waals surface area contributed by atoms with E-state index in [2.05, 4.69) is 30.7 Å². The zero-order valence-corrected chi connectivity index (χ0v) is 21.4. The molecule has 9 nitrogen and oxygen atoms in total. The fourth-order valence-electron chi connectivity index (χ4n) is 6.40. The first-order valence-corrected chi connectivity index (χ1v) is 12.5. The monoisotopic (exact) mass is 487 g/mol. The van der Waals surface area contributed by atoms with E-state index in [4.69, 9.17) is 9.47 Å². The number of esters is 1. The minimum absolute atomic E-state index is 0.0974. The Morgan fingerprint density at radius 1 is 1.23 bits per heavy atom. The van der Waals surface area contributed by atoms with Crippen LogP contribution in [0.4, 0.5) is 4.79 Å². The van der Waals surface area contributed by atoms with Crippen molar-refractivity contribution in [2.24, 2.45) is 11.3 Å². The highest BCUT2D eigenvalue weighted by molar-refractivity contribution is 6.09. The highest BCUT2D eigenvalue weighted by Crippen LogP contribution is 2.46. The minimum Gasteiger partial charge on any atom is -0.456 e. The highest BCUT2D eigenvalue weighted by atomic mass is 16.5. The average molecular weight is 488 g/mol. The van der Waals surface area contributed by atoms with Crippen LogP contribution in [0.15, 0.2) is 6.07 Å². The van der Waals surface area contributed by atoms with E-state index in [9.17, 15) is 19.2 Å². The summed E-state index contributed by atoms with van der Waals surface area (Å²) in [6.45, 7) is 10.6. The largest absolute Gasteiger partial charge is 0.456 e. The summed E-state index contributed by atoms with van der Waals surface area (Å²) in [5.74, 6) is -1.22. The maximum Gasteiger partial charge on any atom is 0.326 e. The molecule has 3 unspecified atom stereocenters. The van der Waals surface area contributed by atoms with Crippen LogP contribution < -0.4 is 5.32 Å². The third kappa shape index (κ3) is 5.15. The Kier molecular flexibility index (Phi) is 6.83. The number of ketones is 1. The molecule has 2 saturated heterocycles. The summed E-state index contributed by atoms with van der Waals surface area (Å²) >= 11 is 0. The van der Waals surface area contributed by atoms with Crippen molar-refractivity contribution < 1.29 is 28.7 Å². The lowest BCUT2D eigenvalue weighted by Crippen LogP contribution is -2.54. The highest BCUT2D eigenvalue weighted by Gasteiger charge is 2.56. The molecule has 9 heteroatoms. The van der Waals surface area contributed by atoms with Crippen molar-refractivity contribution in [3.63, 3.8) is 0 Å². The number of Topliss-reactive ketones (excluding diaryl/α,β-unsaturated/α-hetero) is 1. The van der Waals surface area contributed by atoms with Crippen molar-refractivity contribution in [3.05, 3.63) is 23.0 Å². The Labute approximate surface area is 206 Å². The molecular weight excluding hydrogens is 450 g/mol. The molecule has 0 aromatic carbocycles. The standard InChI is InChI=1S/C26H37N3O6/c1-16-10-25(4,5)15-26(11-16)23(32)29(24(33)27-26)13-22(31)35-14-21(30)20-9-17(2)28(18(20)3)12-19-7-6-8-34-19/h9,16,19H,6-8,10-15H2,1-5H3,(H,27,33). The zero-order valence-electron chi connectivity index (χ0n) is 21.4. The van der Waals surface area contributed by atoms with Crippen LogP contribution in [-0.4, -0.2) is 64.6 Å². The van der Waals surface area contributed by atoms with E-state index in [-0.39, 0.29) is 29.1 Å². The molecule has 1 aromatic heterocycles. The number of imide groups is 1. The van der Waals surface area contributed by atoms with Crippen LogP contribution in [0.3, 0.4) is 0 Å². The van der Waals surface area contributed by atoms with E-state index in [1.807, 2.05) is 13.8 Å². The Balaban J connectivity index is 1.35. The molecule has 3 aliphatic rings. The van der Waals surface area contributed by atoms with Gasteiger partial charge < -0.3 is 19.4 Å². The molecule has 1 N–H and O–H groups in total. The van der Waals surface area contributed by atoms with Gasteiger partial charge in [-0.15, -0.1) is 0 Å². The Bertz CT molecular complexity index is 1040. The van der Waals surface area contributed by atoms with E-state index in [0.29, 0.717) is 24.9 Å². The number of aryl methyl sites for hydroxylation is 1. The number of rotatable bonds is 7. The van der Waals surface area contributed by atoms with Crippen LogP contribution in [-0.2, 0) is 25.6 Å². The van der Waals surface area contributed by atoms with Gasteiger partial charge in [0, 0.05) is 30.1 Å². The van der Waals surface area contributed by atoms with Gasteiger partial charge in [-0.3, -0.25) is 19.3 Å². The van der Waals surface area contributed by atoms with E-state index >= 15 is 0 Å². The maximum absolute atomic E-state index is 13.2. The normalized spacial score (nSPS) is 28.0. The summed E-state index contributed by atoms with van der Waals surface area (Å²) in [5, 5.41) is 2.85. The number of hydrogen-bond donors (Lipinski definition) is 1. The maximum atomic E-state index is 13.2. The summed E-state index contributed by atoms with van der Waals surface area (Å²) in [6, 6.07) is 1.22. The molecule has 3 fully saturated rings. The molecule has 1 spiro atoms. The Morgan fingerprint density at radius 2 is 1.97 bits per heavy atom. The van der Waals surface area contributed by atoms with Crippen LogP contribution in [0.1, 0.15) is 74.6 Å². The number of nitrogens with one attached hydrogen (secondary N) is 1. The molecule has 1 aliphatic carbocycles. The lowest BCUT2D eigenvalue weighted by molar-refractivity contribution is -0.147. The molecule has 3 heterocycles. The number of carbonyl (C=O) groups is 4. The fourth-order valence-corrected chi connectivity index (χ4v) is 6.40. The topological polar surface area (TPSA) is 107 Å². The first-order chi connectivity index (χ1) is 16.4. The second kappa shape index (κ2) is 9.41. The number of nitrogens with zero attached hydrogens (tertiary/aromatic N) is 2. The number of carbonyl (C=O) groups excluding carboxylic acids is 4. The van der Waals surface area contributed by atoms with Crippen molar-refractivity contribution >= 4 is 23.7 Å². The van der Waals surface area contributed by atoms with Gasteiger partial charge in [0.05, 0.1) is 6.10 Å². The van der Waals surface area contributed by atoms with E-state index in [0.717, 1.165) is 42.2 Å². The van der Waals surface area contributed by atoms with Gasteiger partial charge in [-0.1, -0.05) is 20.8 Å². The third-order valence-electron chi connectivity index (χ3n) is 7.56. The summed E-state index contributed by atoms with van der Waals surface area (Å²) in [6.07, 6.45) is 4.23. The first kappa shape index (κ1) is 25.4. The zero-order chi connectivity index (χ0) is 25.5. The van der Waals surface area contributed by atoms with E-state index in [1.165, 1.54) is 0 Å². The fraction of sp³-hybridized carbons (Fsp3) is 0.692. The number of ether oxygens (including phenoxy) is 2. The predicted molar refractivity (Wildman–Crippen MR) is 128 cm³/mol. The van der Waals surface area contributed by atoms with Gasteiger partial charge in [0.1, 0.15) is 12.1 Å². The van der Waals surface area contributed by atoms with Gasteiger partial charge in [0.25, 0.3) is 5.91 Å². The molecule has 35 heavy (non-hydrogen) atoms. The quantitative estimate of drug-likeness (QED) is 0.360. The molecule has 0 radical (unpaired) electrons. The molecule has 4 rings (SSSR count). The first-order valence-electron chi connectivity index (χ1n) is 12.5. The third-order valence-corrected chi connectivity index (χ3v) is 7.56. The summed E-state index contributed by atoms with van der Waals surface area (Å²) < 4.78 is 13.0. The second-order valence-electron chi connectivity index (χ2n) is 11.4. The smallest absolute Gasteiger partial charge is 0.326 e. The lowest BCUT2D eigenvalue weighted by Gasteiger charge is -2.43. The Morgan fingerprint density at radius 3 is 2.63 bits per heavy atom. The summed E-state index contributed by atoms with van der Waals surface area (Å²) in [7, 11) is 0. The number of amides is 3. The number of aromatic nitrogens is 1. The minimum atomic E-state index is -0.977. The van der Waals surface area contributed by atoms with Gasteiger partial charge >= 0.3 is 12.0 Å². The lowest BCUT2D eigenvalue weighted by atomic mass is 9.64. The van der Waals surface area contributed by atoms with Crippen molar-refractivity contribution in [3.8, 4) is 0 Å². The van der Waals surface area contributed by atoms with Gasteiger partial charge in [-0.25, -0.2) is 4.79 Å². The van der Waals surface area contributed by atoms with Crippen molar-refractivity contribution in [1.82, 2.24) is 14.8 Å². The summed E-state index contributed by atoms with van der Waals surface area (Å²) in [4.78, 5) is 52.0. The van der Waals surface area contributed by atoms with Crippen LogP contribution >= 0.6 is 0 Å². The van der Waals surface area contributed by atoms with Crippen molar-refractivity contribution in [2.75, 3.05) is 19.8 Å². The van der Waals surface area contributed by atoms with Gasteiger partial charge in [-0.05, 0) is 63.4 Å². The SMILES string of the molecule is Cc1cc(C(=O)COC(=O)CN2C(=O)NC3(CC(C)CC(C)(C)C3)C2=O)c(C)n1CC1CCCO1. The van der Waals surface area contributed by atoms with Crippen LogP contribution in [0.2, 0.25) is 0 Å². The average Bonchev–Trinajstić information content (AvgIpc) is 3.42.